The molecule has 1 amide bonds. The summed E-state index contributed by atoms with van der Waals surface area (Å²) < 4.78 is 0. The van der Waals surface area contributed by atoms with Gasteiger partial charge in [0.15, 0.2) is 5.69 Å². The summed E-state index contributed by atoms with van der Waals surface area (Å²) in [5.41, 5.74) is 6.18. The Morgan fingerprint density at radius 3 is 2.44 bits per heavy atom. The molecule has 138 valence electrons. The van der Waals surface area contributed by atoms with Crippen LogP contribution in [0.25, 0.3) is 0 Å². The van der Waals surface area contributed by atoms with E-state index in [0.29, 0.717) is 18.2 Å². The Balaban J connectivity index is 1.79. The van der Waals surface area contributed by atoms with Gasteiger partial charge in [0.05, 0.1) is 6.04 Å². The molecule has 2 heterocycles. The molecule has 4 rings (SSSR count). The number of hydrogen-bond acceptors (Lipinski definition) is 2. The van der Waals surface area contributed by atoms with Crippen LogP contribution >= 0.6 is 0 Å². The third kappa shape index (κ3) is 3.27. The van der Waals surface area contributed by atoms with Gasteiger partial charge in [-0.05, 0) is 30.4 Å². The van der Waals surface area contributed by atoms with E-state index in [-0.39, 0.29) is 11.9 Å². The van der Waals surface area contributed by atoms with Crippen LogP contribution < -0.4 is 0 Å². The van der Waals surface area contributed by atoms with Crippen LogP contribution in [0.4, 0.5) is 0 Å². The van der Waals surface area contributed by atoms with E-state index in [4.69, 9.17) is 0 Å². The number of nitrogens with one attached hydrogen (secondary N) is 1. The van der Waals surface area contributed by atoms with E-state index in [1.54, 1.807) is 0 Å². The fourth-order valence-corrected chi connectivity index (χ4v) is 3.86. The predicted molar refractivity (Wildman–Crippen MR) is 106 cm³/mol. The van der Waals surface area contributed by atoms with Gasteiger partial charge in [0, 0.05) is 17.8 Å². The minimum Gasteiger partial charge on any atom is -0.322 e. The van der Waals surface area contributed by atoms with Gasteiger partial charge < -0.3 is 4.90 Å². The largest absolute Gasteiger partial charge is 0.322 e. The molecule has 2 aromatic carbocycles. The number of nitrogens with zero attached hydrogens (tertiary/aromatic N) is 2. The van der Waals surface area contributed by atoms with Crippen LogP contribution in [0, 0.1) is 12.8 Å². The molecule has 1 aliphatic rings. The molecule has 4 heteroatoms. The Morgan fingerprint density at radius 2 is 1.78 bits per heavy atom. The van der Waals surface area contributed by atoms with Crippen molar-refractivity contribution >= 4 is 5.91 Å². The summed E-state index contributed by atoms with van der Waals surface area (Å²) >= 11 is 0. The van der Waals surface area contributed by atoms with Crippen LogP contribution in [-0.4, -0.2) is 21.0 Å². The fraction of sp³-hybridized carbons (Fsp3) is 0.304. The van der Waals surface area contributed by atoms with Gasteiger partial charge in [0.1, 0.15) is 0 Å². The first-order valence-electron chi connectivity index (χ1n) is 9.53. The molecule has 0 bridgehead atoms. The van der Waals surface area contributed by atoms with Crippen LogP contribution in [0.3, 0.4) is 0 Å². The molecule has 1 unspecified atom stereocenters. The minimum atomic E-state index is -0.0965. The number of H-pyrrole nitrogens is 1. The van der Waals surface area contributed by atoms with E-state index < -0.39 is 0 Å². The number of carbonyl (C=O) groups excluding carboxylic acids is 1. The monoisotopic (exact) mass is 359 g/mol. The second kappa shape index (κ2) is 7.03. The number of aromatic amines is 1. The molecule has 0 fully saturated rings. The number of amides is 1. The highest BCUT2D eigenvalue weighted by atomic mass is 16.2. The lowest BCUT2D eigenvalue weighted by Gasteiger charge is -2.27. The number of aryl methyl sites for hydroxylation is 1. The van der Waals surface area contributed by atoms with Gasteiger partial charge in [-0.3, -0.25) is 9.89 Å². The van der Waals surface area contributed by atoms with Gasteiger partial charge >= 0.3 is 0 Å². The third-order valence-corrected chi connectivity index (χ3v) is 5.13. The highest BCUT2D eigenvalue weighted by molar-refractivity contribution is 5.98. The molecule has 0 saturated carbocycles. The van der Waals surface area contributed by atoms with Gasteiger partial charge in [-0.25, -0.2) is 0 Å². The first-order valence-corrected chi connectivity index (χ1v) is 9.53. The minimum absolute atomic E-state index is 0.00526. The Bertz CT molecular complexity index is 942. The molecule has 4 nitrogen and oxygen atoms in total. The van der Waals surface area contributed by atoms with Crippen molar-refractivity contribution in [2.24, 2.45) is 5.92 Å². The maximum Gasteiger partial charge on any atom is 0.275 e. The SMILES string of the molecule is Cc1ccc(C2c3c(n[nH]c3CC(C)C)C(=O)N2Cc2ccccc2)cc1. The second-order valence-electron chi connectivity index (χ2n) is 7.79. The van der Waals surface area contributed by atoms with Crippen molar-refractivity contribution in [2.75, 3.05) is 0 Å². The lowest BCUT2D eigenvalue weighted by Crippen LogP contribution is -2.29. The normalized spacial score (nSPS) is 16.2. The summed E-state index contributed by atoms with van der Waals surface area (Å²) in [6.07, 6.45) is 0.886. The molecule has 1 atom stereocenters. The lowest BCUT2D eigenvalue weighted by atomic mass is 9.95. The van der Waals surface area contributed by atoms with Gasteiger partial charge in [-0.2, -0.15) is 5.10 Å². The average molecular weight is 359 g/mol. The van der Waals surface area contributed by atoms with E-state index >= 15 is 0 Å². The molecule has 0 spiro atoms. The zero-order chi connectivity index (χ0) is 19.0. The van der Waals surface area contributed by atoms with Gasteiger partial charge in [-0.1, -0.05) is 74.0 Å². The molecule has 0 saturated heterocycles. The van der Waals surface area contributed by atoms with E-state index in [2.05, 4.69) is 67.4 Å². The third-order valence-electron chi connectivity index (χ3n) is 5.13. The molecule has 3 aromatic rings. The van der Waals surface area contributed by atoms with Crippen molar-refractivity contribution in [3.63, 3.8) is 0 Å². The van der Waals surface area contributed by atoms with E-state index in [1.807, 2.05) is 23.1 Å². The predicted octanol–water partition coefficient (Wildman–Crippen LogP) is 4.66. The fourth-order valence-electron chi connectivity index (χ4n) is 3.86. The quantitative estimate of drug-likeness (QED) is 0.720. The summed E-state index contributed by atoms with van der Waals surface area (Å²) in [5, 5.41) is 7.54. The van der Waals surface area contributed by atoms with Crippen LogP contribution in [0.5, 0.6) is 0 Å². The van der Waals surface area contributed by atoms with Crippen molar-refractivity contribution in [3.8, 4) is 0 Å². The lowest BCUT2D eigenvalue weighted by molar-refractivity contribution is 0.0729. The first kappa shape index (κ1) is 17.5. The van der Waals surface area contributed by atoms with Gasteiger partial charge in [0.25, 0.3) is 5.91 Å². The Morgan fingerprint density at radius 1 is 1.07 bits per heavy atom. The van der Waals surface area contributed by atoms with E-state index in [9.17, 15) is 4.79 Å². The first-order chi connectivity index (χ1) is 13.0. The highest BCUT2D eigenvalue weighted by Crippen LogP contribution is 2.41. The van der Waals surface area contributed by atoms with E-state index in [0.717, 1.165) is 28.8 Å². The summed E-state index contributed by atoms with van der Waals surface area (Å²) in [5.74, 6) is 0.497. The van der Waals surface area contributed by atoms with Crippen molar-refractivity contribution in [3.05, 3.63) is 88.2 Å². The number of aromatic nitrogens is 2. The molecule has 27 heavy (non-hydrogen) atoms. The van der Waals surface area contributed by atoms with Crippen molar-refractivity contribution < 1.29 is 4.79 Å². The van der Waals surface area contributed by atoms with Crippen LogP contribution in [0.15, 0.2) is 54.6 Å². The summed E-state index contributed by atoms with van der Waals surface area (Å²) in [6, 6.07) is 18.5. The smallest absolute Gasteiger partial charge is 0.275 e. The Kier molecular flexibility index (Phi) is 4.56. The van der Waals surface area contributed by atoms with Crippen LogP contribution in [-0.2, 0) is 13.0 Å². The highest BCUT2D eigenvalue weighted by Gasteiger charge is 2.42. The summed E-state index contributed by atoms with van der Waals surface area (Å²) in [4.78, 5) is 15.1. The maximum absolute atomic E-state index is 13.2. The second-order valence-corrected chi connectivity index (χ2v) is 7.79. The van der Waals surface area contributed by atoms with Crippen LogP contribution in [0.2, 0.25) is 0 Å². The van der Waals surface area contributed by atoms with Gasteiger partial charge in [-0.15, -0.1) is 0 Å². The zero-order valence-corrected chi connectivity index (χ0v) is 16.1. The number of benzene rings is 2. The average Bonchev–Trinajstić information content (AvgIpc) is 3.16. The van der Waals surface area contributed by atoms with Crippen molar-refractivity contribution in [1.29, 1.82) is 0 Å². The number of fused-ring (bicyclic) bond motifs is 1. The number of hydrogen-bond donors (Lipinski definition) is 1. The number of rotatable bonds is 5. The van der Waals surface area contributed by atoms with Gasteiger partial charge in [0.2, 0.25) is 0 Å². The molecule has 1 aliphatic heterocycles. The summed E-state index contributed by atoms with van der Waals surface area (Å²) in [7, 11) is 0. The van der Waals surface area contributed by atoms with Crippen molar-refractivity contribution in [1.82, 2.24) is 15.1 Å². The van der Waals surface area contributed by atoms with Crippen molar-refractivity contribution in [2.45, 2.75) is 39.8 Å². The maximum atomic E-state index is 13.2. The Labute approximate surface area is 160 Å². The Hall–Kier alpha value is -2.88. The standard InChI is InChI=1S/C23H25N3O/c1-15(2)13-19-20-21(25-24-19)23(27)26(14-17-7-5-4-6-8-17)22(20)18-11-9-16(3)10-12-18/h4-12,15,22H,13-14H2,1-3H3,(H,24,25). The molecule has 1 N–H and O–H groups in total. The molecule has 0 radical (unpaired) electrons. The molecule has 1 aromatic heterocycles. The number of carbonyl (C=O) groups is 1. The summed E-state index contributed by atoms with van der Waals surface area (Å²) in [6.45, 7) is 7.04. The van der Waals surface area contributed by atoms with E-state index in [1.165, 1.54) is 5.56 Å². The zero-order valence-electron chi connectivity index (χ0n) is 16.1. The molecular formula is C23H25N3O. The molecule has 0 aliphatic carbocycles. The molecular weight excluding hydrogens is 334 g/mol. The topological polar surface area (TPSA) is 49.0 Å². The van der Waals surface area contributed by atoms with Crippen LogP contribution in [0.1, 0.15) is 58.3 Å².